The molecule has 11 aromatic rings. The van der Waals surface area contributed by atoms with Gasteiger partial charge < -0.3 is 13.9 Å². The first-order chi connectivity index (χ1) is 27.3. The summed E-state index contributed by atoms with van der Waals surface area (Å²) in [6.45, 7) is 0. The minimum Gasteiger partial charge on any atom is -0.456 e. The molecule has 0 unspecified atom stereocenters. The Labute approximate surface area is 317 Å². The zero-order valence-corrected chi connectivity index (χ0v) is 29.8. The summed E-state index contributed by atoms with van der Waals surface area (Å²) in [7, 11) is 0. The van der Waals surface area contributed by atoms with E-state index >= 15 is 0 Å². The van der Waals surface area contributed by atoms with Crippen LogP contribution in [0.3, 0.4) is 0 Å². The third-order valence-corrected chi connectivity index (χ3v) is 11.5. The third-order valence-electron chi connectivity index (χ3n) is 11.5. The number of aromatic nitrogens is 2. The second kappa shape index (κ2) is 11.6. The van der Waals surface area contributed by atoms with Crippen molar-refractivity contribution in [3.05, 3.63) is 194 Å². The molecule has 3 heterocycles. The van der Waals surface area contributed by atoms with Crippen molar-refractivity contribution < 1.29 is 4.74 Å². The number of ether oxygens (including phenoxy) is 1. The first-order valence-corrected chi connectivity index (χ1v) is 18.8. The van der Waals surface area contributed by atoms with Crippen molar-refractivity contribution in [2.45, 2.75) is 0 Å². The molecule has 0 aliphatic carbocycles. The molecule has 55 heavy (non-hydrogen) atoms. The van der Waals surface area contributed by atoms with Crippen molar-refractivity contribution in [3.8, 4) is 56.3 Å². The number of para-hydroxylation sites is 2. The van der Waals surface area contributed by atoms with E-state index in [1.54, 1.807) is 0 Å². The largest absolute Gasteiger partial charge is 0.456 e. The number of benzene rings is 9. The summed E-state index contributed by atoms with van der Waals surface area (Å²) in [6, 6.07) is 70.1. The monoisotopic (exact) mass is 700 g/mol. The Kier molecular flexibility index (Phi) is 6.34. The fourth-order valence-electron chi connectivity index (χ4n) is 9.06. The van der Waals surface area contributed by atoms with E-state index in [2.05, 4.69) is 203 Å². The second-order valence-corrected chi connectivity index (χ2v) is 14.5. The van der Waals surface area contributed by atoms with Gasteiger partial charge in [0.05, 0.1) is 22.1 Å². The van der Waals surface area contributed by atoms with Gasteiger partial charge in [0.15, 0.2) is 0 Å². The number of rotatable bonds is 4. The second-order valence-electron chi connectivity index (χ2n) is 14.5. The molecule has 1 aliphatic rings. The molecule has 0 atom stereocenters. The molecule has 0 radical (unpaired) electrons. The molecule has 0 fully saturated rings. The number of fused-ring (bicyclic) bond motifs is 9. The topological polar surface area (TPSA) is 19.1 Å². The van der Waals surface area contributed by atoms with Crippen molar-refractivity contribution >= 4 is 54.4 Å². The normalized spacial score (nSPS) is 12.1. The Hall–Kier alpha value is -7.36. The SMILES string of the molecule is c1ccc(-c2ccc3c(c2)c2cc(-c4ccccc4)ccc2n3-c2ccc3c(c2)-c2cc4c(c5cccc(c25)O3)c2ccccc2n4-c2ccccc2)cc1. The van der Waals surface area contributed by atoms with E-state index in [0.29, 0.717) is 0 Å². The van der Waals surface area contributed by atoms with Gasteiger partial charge in [0.25, 0.3) is 0 Å². The van der Waals surface area contributed by atoms with E-state index in [4.69, 9.17) is 4.74 Å². The number of nitrogens with zero attached hydrogens (tertiary/aromatic N) is 2. The Morgan fingerprint density at radius 1 is 0.291 bits per heavy atom. The van der Waals surface area contributed by atoms with Gasteiger partial charge >= 0.3 is 0 Å². The summed E-state index contributed by atoms with van der Waals surface area (Å²) in [5.74, 6) is 1.76. The lowest BCUT2D eigenvalue weighted by molar-refractivity contribution is 0.487. The molecular weight excluding hydrogens is 669 g/mol. The van der Waals surface area contributed by atoms with Gasteiger partial charge in [-0.3, -0.25) is 0 Å². The summed E-state index contributed by atoms with van der Waals surface area (Å²) >= 11 is 0. The van der Waals surface area contributed by atoms with E-state index in [1.807, 2.05) is 0 Å². The van der Waals surface area contributed by atoms with Crippen molar-refractivity contribution in [2.75, 3.05) is 0 Å². The van der Waals surface area contributed by atoms with Crippen molar-refractivity contribution in [2.24, 2.45) is 0 Å². The highest BCUT2D eigenvalue weighted by atomic mass is 16.5. The molecule has 9 aromatic carbocycles. The molecule has 3 nitrogen and oxygen atoms in total. The van der Waals surface area contributed by atoms with Crippen LogP contribution in [0.5, 0.6) is 11.5 Å². The highest BCUT2D eigenvalue weighted by Crippen LogP contribution is 2.51. The van der Waals surface area contributed by atoms with Crippen LogP contribution >= 0.6 is 0 Å². The fraction of sp³-hybridized carbons (Fsp3) is 0. The molecule has 2 aromatic heterocycles. The van der Waals surface area contributed by atoms with Gasteiger partial charge in [-0.05, 0) is 106 Å². The highest BCUT2D eigenvalue weighted by Gasteiger charge is 2.26. The Bertz CT molecular complexity index is 3220. The van der Waals surface area contributed by atoms with E-state index in [9.17, 15) is 0 Å². The van der Waals surface area contributed by atoms with Gasteiger partial charge in [-0.25, -0.2) is 0 Å². The van der Waals surface area contributed by atoms with Gasteiger partial charge in [-0.15, -0.1) is 0 Å². The van der Waals surface area contributed by atoms with Crippen LogP contribution < -0.4 is 4.74 Å². The maximum Gasteiger partial charge on any atom is 0.135 e. The van der Waals surface area contributed by atoms with Crippen LogP contribution in [-0.4, -0.2) is 9.13 Å². The first-order valence-electron chi connectivity index (χ1n) is 18.8. The molecule has 12 rings (SSSR count). The average molecular weight is 701 g/mol. The smallest absolute Gasteiger partial charge is 0.135 e. The lowest BCUT2D eigenvalue weighted by Crippen LogP contribution is -2.01. The van der Waals surface area contributed by atoms with Crippen LogP contribution in [0.15, 0.2) is 194 Å². The molecule has 1 aliphatic heterocycles. The molecule has 0 amide bonds. The molecule has 0 spiro atoms. The lowest BCUT2D eigenvalue weighted by atomic mass is 9.91. The van der Waals surface area contributed by atoms with E-state index in [1.165, 1.54) is 76.8 Å². The Balaban J connectivity index is 1.13. The maximum atomic E-state index is 6.76. The van der Waals surface area contributed by atoms with Crippen LogP contribution in [0.2, 0.25) is 0 Å². The molecule has 256 valence electrons. The number of hydrogen-bond donors (Lipinski definition) is 0. The van der Waals surface area contributed by atoms with Crippen molar-refractivity contribution in [1.29, 1.82) is 0 Å². The molecule has 3 heteroatoms. The zero-order valence-electron chi connectivity index (χ0n) is 29.8. The Morgan fingerprint density at radius 2 is 0.873 bits per heavy atom. The molecular formula is C52H32N2O. The van der Waals surface area contributed by atoms with Gasteiger partial charge in [-0.2, -0.15) is 0 Å². The highest BCUT2D eigenvalue weighted by molar-refractivity contribution is 6.26. The van der Waals surface area contributed by atoms with Crippen molar-refractivity contribution in [3.63, 3.8) is 0 Å². The molecule has 0 saturated carbocycles. The van der Waals surface area contributed by atoms with Gasteiger partial charge in [0.1, 0.15) is 11.5 Å². The van der Waals surface area contributed by atoms with Crippen LogP contribution in [0, 0.1) is 0 Å². The van der Waals surface area contributed by atoms with Gasteiger partial charge in [0.2, 0.25) is 0 Å². The van der Waals surface area contributed by atoms with Crippen LogP contribution in [0.25, 0.3) is 99.1 Å². The summed E-state index contributed by atoms with van der Waals surface area (Å²) in [5.41, 5.74) is 14.1. The van der Waals surface area contributed by atoms with Crippen molar-refractivity contribution in [1.82, 2.24) is 9.13 Å². The minimum atomic E-state index is 0.865. The zero-order chi connectivity index (χ0) is 36.0. The first kappa shape index (κ1) is 30.1. The minimum absolute atomic E-state index is 0.865. The predicted octanol–water partition coefficient (Wildman–Crippen LogP) is 14.1. The molecule has 0 saturated heterocycles. The number of hydrogen-bond acceptors (Lipinski definition) is 1. The van der Waals surface area contributed by atoms with Crippen LogP contribution in [-0.2, 0) is 0 Å². The summed E-state index contributed by atoms with van der Waals surface area (Å²) < 4.78 is 11.6. The quantitative estimate of drug-likeness (QED) is 0.179. The van der Waals surface area contributed by atoms with Gasteiger partial charge in [0, 0.05) is 43.9 Å². The van der Waals surface area contributed by atoms with Gasteiger partial charge in [-0.1, -0.05) is 121 Å². The van der Waals surface area contributed by atoms with Crippen LogP contribution in [0.4, 0.5) is 0 Å². The lowest BCUT2D eigenvalue weighted by Gasteiger charge is -2.23. The standard InChI is InChI=1S/C52H32N2O/c1-4-13-33(14-5-1)35-23-26-46-41(29-35)42-30-36(34-15-6-2-7-16-34)24-27-47(42)54(46)38-25-28-49-43(31-38)44-32-48-51(40-20-12-22-50(55-49)52(40)44)39-19-10-11-21-45(39)53(48)37-17-8-3-9-18-37/h1-32H. The predicted molar refractivity (Wildman–Crippen MR) is 229 cm³/mol. The summed E-state index contributed by atoms with van der Waals surface area (Å²) in [4.78, 5) is 0. The van der Waals surface area contributed by atoms with Crippen LogP contribution in [0.1, 0.15) is 0 Å². The molecule has 0 N–H and O–H groups in total. The maximum absolute atomic E-state index is 6.76. The third kappa shape index (κ3) is 4.44. The van der Waals surface area contributed by atoms with E-state index < -0.39 is 0 Å². The fourth-order valence-corrected chi connectivity index (χ4v) is 9.06. The average Bonchev–Trinajstić information content (AvgIpc) is 3.77. The Morgan fingerprint density at radius 3 is 1.56 bits per heavy atom. The van der Waals surface area contributed by atoms with E-state index in [0.717, 1.165) is 33.8 Å². The van der Waals surface area contributed by atoms with E-state index in [-0.39, 0.29) is 0 Å². The molecule has 0 bridgehead atoms. The summed E-state index contributed by atoms with van der Waals surface area (Å²) in [6.07, 6.45) is 0. The summed E-state index contributed by atoms with van der Waals surface area (Å²) in [5, 5.41) is 7.28.